The van der Waals surface area contributed by atoms with Crippen LogP contribution in [0.5, 0.6) is 92.0 Å². The molecular weight excluding hydrogens is 1760 g/mol. The Balaban J connectivity index is 0.000000146. The van der Waals surface area contributed by atoms with Gasteiger partial charge in [0.2, 0.25) is 39.3 Å². The van der Waals surface area contributed by atoms with E-state index in [1.807, 2.05) is 232 Å². The monoisotopic (exact) mass is 1850 g/mol. The van der Waals surface area contributed by atoms with Crippen molar-refractivity contribution in [1.29, 1.82) is 0 Å². The van der Waals surface area contributed by atoms with Crippen molar-refractivity contribution in [2.75, 3.05) is 14.2 Å². The van der Waals surface area contributed by atoms with Crippen molar-refractivity contribution in [3.63, 3.8) is 0 Å². The van der Waals surface area contributed by atoms with Crippen molar-refractivity contribution in [2.24, 2.45) is 0 Å². The highest BCUT2D eigenvalue weighted by Crippen LogP contribution is 2.39. The minimum Gasteiger partial charge on any atom is -0.508 e. The van der Waals surface area contributed by atoms with Crippen LogP contribution in [0.4, 0.5) is 0 Å². The number of phenolic OH excluding ortho intramolecular Hbond substituents is 2. The second-order valence-corrected chi connectivity index (χ2v) is 38.6. The fourth-order valence-corrected chi connectivity index (χ4v) is 19.1. The lowest BCUT2D eigenvalue weighted by molar-refractivity contribution is 0.415. The van der Waals surface area contributed by atoms with E-state index in [2.05, 4.69) is 0 Å². The third-order valence-corrected chi connectivity index (χ3v) is 28.7. The predicted octanol–water partition coefficient (Wildman–Crippen LogP) is 27.5. The Kier molecular flexibility index (Phi) is 27.8. The van der Waals surface area contributed by atoms with Crippen molar-refractivity contribution in [3.8, 4) is 148 Å². The Morgan fingerprint density at radius 3 is 0.381 bits per heavy atom. The quantitative estimate of drug-likeness (QED) is 0.0485. The van der Waals surface area contributed by atoms with Gasteiger partial charge < -0.3 is 48.1 Å². The second kappa shape index (κ2) is 40.8. The smallest absolute Gasteiger partial charge is 0.206 e. The third-order valence-electron chi connectivity index (χ3n) is 21.6. The third kappa shape index (κ3) is 22.6. The van der Waals surface area contributed by atoms with Crippen molar-refractivity contribution in [2.45, 2.75) is 53.0 Å². The lowest BCUT2D eigenvalue weighted by Crippen LogP contribution is -2.01. The van der Waals surface area contributed by atoms with Gasteiger partial charge in [0.15, 0.2) is 0 Å². The highest BCUT2D eigenvalue weighted by Gasteiger charge is 2.23. The zero-order chi connectivity index (χ0) is 93.4. The SMILES string of the molecule is COc1ccc(-c2ccc(Oc3ccc(S(=O)(=O)c4ccc(Oc5ccc(-c6ccc(OC)cc6)cc5)cc4)cc3)cc2)cc1.Cc1ccc(S(=O)(=O)c2ccc(Oc3ccc(-c4ccc(Oc5ccc(S(=O)(=O)c6ccc(C)cc6)cc5)cc4)cc3)cc2)cc1.O=S(=O)(c1ccc(Oc2ccc(-c3ccc(O)cc3)cc2)cc1)c1ccc(Oc2ccc(-c3ccc(O)cc3)cc2)cc1. The molecule has 0 unspecified atom stereocenters. The topological polar surface area (TPSA) is 251 Å². The van der Waals surface area contributed by atoms with Crippen LogP contribution in [0.15, 0.2) is 476 Å². The number of benzene rings is 18. The molecule has 18 rings (SSSR count). The molecule has 18 aromatic carbocycles. The van der Waals surface area contributed by atoms with Crippen LogP contribution >= 0.6 is 0 Å². The fraction of sp³-hybridized carbons (Fsp3) is 0.0357. The van der Waals surface area contributed by atoms with Crippen LogP contribution in [0.2, 0.25) is 0 Å². The van der Waals surface area contributed by atoms with E-state index in [9.17, 15) is 43.9 Å². The van der Waals surface area contributed by atoms with Crippen molar-refractivity contribution in [3.05, 3.63) is 448 Å². The van der Waals surface area contributed by atoms with Crippen LogP contribution in [-0.2, 0) is 39.3 Å². The molecule has 0 atom stereocenters. The molecule has 18 aromatic rings. The maximum absolute atomic E-state index is 13.3. The Bertz CT molecular complexity index is 7080. The summed E-state index contributed by atoms with van der Waals surface area (Å²) < 4.78 is 151. The molecule has 22 heteroatoms. The van der Waals surface area contributed by atoms with E-state index in [4.69, 9.17) is 37.9 Å². The van der Waals surface area contributed by atoms with Gasteiger partial charge in [-0.2, -0.15) is 0 Å². The number of aryl methyl sites for hydroxylation is 2. The number of ether oxygens (including phenoxy) is 8. The number of hydrogen-bond acceptors (Lipinski definition) is 18. The minimum absolute atomic E-state index is 0.154. The van der Waals surface area contributed by atoms with Crippen molar-refractivity contribution >= 4 is 39.3 Å². The van der Waals surface area contributed by atoms with Crippen molar-refractivity contribution in [1.82, 2.24) is 0 Å². The van der Waals surface area contributed by atoms with Gasteiger partial charge in [-0.15, -0.1) is 0 Å². The maximum atomic E-state index is 13.3. The summed E-state index contributed by atoms with van der Waals surface area (Å²) in [7, 11) is -11.4. The van der Waals surface area contributed by atoms with Crippen LogP contribution in [0.3, 0.4) is 0 Å². The number of rotatable bonds is 27. The number of phenols is 2. The molecule has 0 aliphatic carbocycles. The standard InChI is InChI=1S/C38H30O6S2.C38H30O6S.C36H26O6S/c1-27-3-19-35(20-4-27)45(39,40)37-23-15-33(16-24-37)43-31-11-7-29(8-12-31)30-9-13-32(14-10-30)44-34-17-25-38(26-18-34)46(41,42)36-21-5-28(2)6-22-36;1-41-31-11-3-27(4-12-31)29-7-15-33(16-8-29)43-35-19-23-37(24-20-35)45(39,40)38-25-21-36(22-26-38)44-34-17-9-30(10-18-34)28-5-13-32(42-2)14-6-28;37-29-9-1-25(2-10-29)27-5-13-31(14-6-27)41-33-17-21-35(22-18-33)43(39,40)36-23-19-34(20-24-36)42-32-15-7-28(8-16-32)26-3-11-30(38)12-4-26/h3-26H,1-2H3;3-26H,1-2H3;1-24,37-38H. The molecule has 666 valence electrons. The maximum Gasteiger partial charge on any atom is 0.206 e. The van der Waals surface area contributed by atoms with E-state index in [0.717, 1.165) is 78.3 Å². The van der Waals surface area contributed by atoms with Gasteiger partial charge in [-0.25, -0.2) is 33.7 Å². The van der Waals surface area contributed by atoms with Gasteiger partial charge in [0.25, 0.3) is 0 Å². The average Bonchev–Trinajstić information content (AvgIpc) is 0.805. The highest BCUT2D eigenvalue weighted by atomic mass is 32.2. The first-order valence-corrected chi connectivity index (χ1v) is 48.1. The van der Waals surface area contributed by atoms with E-state index in [-0.39, 0.29) is 50.7 Å². The van der Waals surface area contributed by atoms with Crippen LogP contribution in [0.25, 0.3) is 55.6 Å². The molecule has 0 bridgehead atoms. The van der Waals surface area contributed by atoms with Gasteiger partial charge in [-0.3, -0.25) is 0 Å². The molecule has 0 radical (unpaired) electrons. The summed E-state index contributed by atoms with van der Waals surface area (Å²) >= 11 is 0. The van der Waals surface area contributed by atoms with Crippen molar-refractivity contribution < 1.29 is 81.8 Å². The summed E-state index contributed by atoms with van der Waals surface area (Å²) in [5.41, 5.74) is 12.1. The van der Waals surface area contributed by atoms with Crippen LogP contribution in [0, 0.1) is 13.8 Å². The van der Waals surface area contributed by atoms with Crippen LogP contribution in [-0.4, -0.2) is 58.1 Å². The number of aromatic hydroxyl groups is 2. The second-order valence-electron chi connectivity index (χ2n) is 30.8. The Morgan fingerprint density at radius 1 is 0.149 bits per heavy atom. The zero-order valence-corrected chi connectivity index (χ0v) is 75.9. The van der Waals surface area contributed by atoms with Crippen LogP contribution in [0.1, 0.15) is 11.1 Å². The highest BCUT2D eigenvalue weighted by molar-refractivity contribution is 7.92. The van der Waals surface area contributed by atoms with Gasteiger partial charge in [0.05, 0.1) is 53.4 Å². The average molecular weight is 1850 g/mol. The van der Waals surface area contributed by atoms with E-state index in [0.29, 0.717) is 69.0 Å². The largest absolute Gasteiger partial charge is 0.508 e. The zero-order valence-electron chi connectivity index (χ0n) is 72.6. The van der Waals surface area contributed by atoms with Gasteiger partial charge in [-0.05, 0) is 361 Å². The number of sulfone groups is 4. The van der Waals surface area contributed by atoms with E-state index in [1.165, 1.54) is 24.3 Å². The molecule has 0 amide bonds. The van der Waals surface area contributed by atoms with Crippen LogP contribution < -0.4 is 37.9 Å². The summed E-state index contributed by atoms with van der Waals surface area (Å²) in [4.78, 5) is 1.57. The van der Waals surface area contributed by atoms with Gasteiger partial charge in [0.1, 0.15) is 92.0 Å². The molecule has 0 saturated carbocycles. The molecule has 0 saturated heterocycles. The molecule has 0 heterocycles. The molecule has 0 fully saturated rings. The molecule has 0 aliphatic heterocycles. The molecule has 134 heavy (non-hydrogen) atoms. The number of methoxy groups -OCH3 is 2. The van der Waals surface area contributed by atoms with E-state index >= 15 is 0 Å². The number of hydrogen-bond donors (Lipinski definition) is 2. The Labute approximate surface area is 778 Å². The summed E-state index contributed by atoms with van der Waals surface area (Å²) in [5, 5.41) is 19.0. The summed E-state index contributed by atoms with van der Waals surface area (Å²) in [6.45, 7) is 3.82. The Hall–Kier alpha value is -16.2. The van der Waals surface area contributed by atoms with E-state index in [1.54, 1.807) is 208 Å². The molecule has 0 aromatic heterocycles. The molecule has 0 spiro atoms. The summed E-state index contributed by atoms with van der Waals surface area (Å²) in [5.74, 6) is 8.94. The fourth-order valence-electron chi connectivity index (χ4n) is 14.1. The predicted molar refractivity (Wildman–Crippen MR) is 519 cm³/mol. The van der Waals surface area contributed by atoms with E-state index < -0.39 is 39.3 Å². The first-order valence-electron chi connectivity index (χ1n) is 42.1. The summed E-state index contributed by atoms with van der Waals surface area (Å²) in [6.07, 6.45) is 0. The summed E-state index contributed by atoms with van der Waals surface area (Å²) in [6, 6.07) is 127. The molecule has 2 N–H and O–H groups in total. The first-order chi connectivity index (χ1) is 64.8. The minimum atomic E-state index is -3.74. The molecule has 0 aliphatic rings. The van der Waals surface area contributed by atoms with Gasteiger partial charge in [-0.1, -0.05) is 157 Å². The van der Waals surface area contributed by atoms with Gasteiger partial charge in [0, 0.05) is 0 Å². The Morgan fingerprint density at radius 2 is 0.254 bits per heavy atom. The lowest BCUT2D eigenvalue weighted by atomic mass is 10.1. The molecular formula is C112H86O18S4. The molecule has 18 nitrogen and oxygen atoms in total. The lowest BCUT2D eigenvalue weighted by Gasteiger charge is -2.10. The van der Waals surface area contributed by atoms with Gasteiger partial charge >= 0.3 is 0 Å². The normalized spacial score (nSPS) is 11.3. The first kappa shape index (κ1) is 91.1.